The highest BCUT2D eigenvalue weighted by molar-refractivity contribution is 6.45. The van der Waals surface area contributed by atoms with Gasteiger partial charge in [0.1, 0.15) is 0 Å². The second kappa shape index (κ2) is 7.77. The number of hydrogen-bond acceptors (Lipinski definition) is 4. The molecule has 7 heteroatoms. The summed E-state index contributed by atoms with van der Waals surface area (Å²) in [5.41, 5.74) is 0.878. The lowest BCUT2D eigenvalue weighted by Crippen LogP contribution is -2.48. The Kier molecular flexibility index (Phi) is 5.74. The van der Waals surface area contributed by atoms with E-state index in [1.54, 1.807) is 12.2 Å². The lowest BCUT2D eigenvalue weighted by atomic mass is 9.77. The first kappa shape index (κ1) is 16.3. The van der Waals surface area contributed by atoms with Gasteiger partial charge in [-0.15, -0.1) is 0 Å². The average molecular weight is 303 g/mol. The maximum atomic E-state index is 12.0. The van der Waals surface area contributed by atoms with Crippen LogP contribution in [0.4, 0.5) is 0 Å². The number of carbonyl (C=O) groups excluding carboxylic acids is 1. The van der Waals surface area contributed by atoms with Gasteiger partial charge in [0, 0.05) is 0 Å². The number of amides is 1. The van der Waals surface area contributed by atoms with Gasteiger partial charge in [0.15, 0.2) is 0 Å². The number of nitrogens with one attached hydrogen (secondary N) is 1. The lowest BCUT2D eigenvalue weighted by Gasteiger charge is -2.20. The predicted octanol–water partition coefficient (Wildman–Crippen LogP) is 0.553. The van der Waals surface area contributed by atoms with Crippen molar-refractivity contribution in [1.82, 2.24) is 5.32 Å². The van der Waals surface area contributed by atoms with Crippen molar-refractivity contribution >= 4 is 19.0 Å². The number of aliphatic carboxylic acids is 1. The van der Waals surface area contributed by atoms with Crippen molar-refractivity contribution in [2.75, 3.05) is 0 Å². The van der Waals surface area contributed by atoms with Crippen molar-refractivity contribution in [3.8, 4) is 0 Å². The van der Waals surface area contributed by atoms with Gasteiger partial charge in [-0.2, -0.15) is 0 Å². The van der Waals surface area contributed by atoms with Gasteiger partial charge in [-0.05, 0) is 12.0 Å². The van der Waals surface area contributed by atoms with Crippen LogP contribution in [0.2, 0.25) is 0 Å². The van der Waals surface area contributed by atoms with Crippen LogP contribution in [0.15, 0.2) is 42.5 Å². The third kappa shape index (κ3) is 5.02. The van der Waals surface area contributed by atoms with E-state index in [1.807, 2.05) is 30.3 Å². The van der Waals surface area contributed by atoms with Crippen LogP contribution in [0, 0.1) is 0 Å². The first-order valence-electron chi connectivity index (χ1n) is 7.10. The van der Waals surface area contributed by atoms with E-state index in [9.17, 15) is 14.6 Å². The summed E-state index contributed by atoms with van der Waals surface area (Å²) in [6, 6.07) is 9.28. The first-order valence-corrected chi connectivity index (χ1v) is 7.10. The smallest absolute Gasteiger partial charge is 0.478 e. The molecule has 3 N–H and O–H groups in total. The highest BCUT2D eigenvalue weighted by Crippen LogP contribution is 2.12. The standard InChI is InChI=1S/C15H18BNO5/c18-14(9-11-5-2-1-3-6-11)17-13-8-4-7-12(10-15(19)20)22-16(13)21/h1-7,12-13,21H,8-10H2,(H,17,18)(H,19,20)/t12-,13-/m0/s1. The molecule has 0 spiro atoms. The lowest BCUT2D eigenvalue weighted by molar-refractivity contribution is -0.138. The third-order valence-corrected chi connectivity index (χ3v) is 3.33. The zero-order valence-corrected chi connectivity index (χ0v) is 12.0. The Bertz CT molecular complexity index is 548. The van der Waals surface area contributed by atoms with Crippen molar-refractivity contribution in [3.05, 3.63) is 48.0 Å². The summed E-state index contributed by atoms with van der Waals surface area (Å²) in [5.74, 6) is -1.82. The van der Waals surface area contributed by atoms with Crippen LogP contribution in [0.1, 0.15) is 18.4 Å². The summed E-state index contributed by atoms with van der Waals surface area (Å²) in [7, 11) is -1.24. The molecule has 1 heterocycles. The highest BCUT2D eigenvalue weighted by Gasteiger charge is 2.32. The molecule has 0 saturated heterocycles. The van der Waals surface area contributed by atoms with Gasteiger partial charge in [-0.25, -0.2) is 0 Å². The molecule has 1 aliphatic rings. The fourth-order valence-corrected chi connectivity index (χ4v) is 2.27. The monoisotopic (exact) mass is 303 g/mol. The number of rotatable bonds is 5. The minimum atomic E-state index is -1.24. The number of carboxylic acid groups (broad SMARTS) is 1. The van der Waals surface area contributed by atoms with Crippen molar-refractivity contribution in [1.29, 1.82) is 0 Å². The van der Waals surface area contributed by atoms with E-state index in [0.29, 0.717) is 6.42 Å². The van der Waals surface area contributed by atoms with Gasteiger partial charge in [-0.1, -0.05) is 42.5 Å². The van der Waals surface area contributed by atoms with Gasteiger partial charge in [0.05, 0.1) is 24.9 Å². The number of carbonyl (C=O) groups is 2. The molecule has 0 radical (unpaired) electrons. The van der Waals surface area contributed by atoms with E-state index < -0.39 is 25.1 Å². The van der Waals surface area contributed by atoms with Gasteiger partial charge >= 0.3 is 13.1 Å². The fraction of sp³-hybridized carbons (Fsp3) is 0.333. The maximum Gasteiger partial charge on any atom is 0.478 e. The Morgan fingerprint density at radius 3 is 2.73 bits per heavy atom. The van der Waals surface area contributed by atoms with E-state index in [0.717, 1.165) is 5.56 Å². The molecule has 116 valence electrons. The average Bonchev–Trinajstić information content (AvgIpc) is 2.61. The zero-order valence-electron chi connectivity index (χ0n) is 12.0. The molecule has 2 atom stereocenters. The quantitative estimate of drug-likeness (QED) is 0.545. The summed E-state index contributed by atoms with van der Waals surface area (Å²) in [6.07, 6.45) is 3.00. The molecule has 0 fully saturated rings. The van der Waals surface area contributed by atoms with Crippen molar-refractivity contribution in [3.63, 3.8) is 0 Å². The van der Waals surface area contributed by atoms with Crippen LogP contribution >= 0.6 is 0 Å². The van der Waals surface area contributed by atoms with Crippen LogP contribution < -0.4 is 5.32 Å². The Balaban J connectivity index is 1.88. The van der Waals surface area contributed by atoms with Gasteiger partial charge in [-0.3, -0.25) is 9.59 Å². The van der Waals surface area contributed by atoms with Crippen LogP contribution in [0.3, 0.4) is 0 Å². The predicted molar refractivity (Wildman–Crippen MR) is 80.9 cm³/mol. The number of carboxylic acids is 1. The van der Waals surface area contributed by atoms with Crippen molar-refractivity contribution in [2.45, 2.75) is 31.3 Å². The van der Waals surface area contributed by atoms with E-state index in [2.05, 4.69) is 5.32 Å². The fourth-order valence-electron chi connectivity index (χ4n) is 2.27. The molecule has 2 rings (SSSR count). The highest BCUT2D eigenvalue weighted by atomic mass is 16.5. The third-order valence-electron chi connectivity index (χ3n) is 3.33. The summed E-state index contributed by atoms with van der Waals surface area (Å²) in [4.78, 5) is 22.7. The minimum absolute atomic E-state index is 0.215. The summed E-state index contributed by atoms with van der Waals surface area (Å²) in [6.45, 7) is 0. The Morgan fingerprint density at radius 2 is 2.05 bits per heavy atom. The molecule has 0 saturated carbocycles. The van der Waals surface area contributed by atoms with Crippen LogP contribution in [0.25, 0.3) is 0 Å². The first-order chi connectivity index (χ1) is 10.5. The SMILES string of the molecule is O=C(O)C[C@@H]1C=CC[C@H](NC(=O)Cc2ccccc2)B(O)O1. The van der Waals surface area contributed by atoms with Gasteiger partial charge < -0.3 is 20.1 Å². The molecule has 1 aliphatic heterocycles. The molecule has 1 aromatic rings. The number of benzene rings is 1. The van der Waals surface area contributed by atoms with E-state index in [1.165, 1.54) is 0 Å². The number of hydrogen-bond donors (Lipinski definition) is 3. The van der Waals surface area contributed by atoms with Gasteiger partial charge in [0.2, 0.25) is 5.91 Å². The van der Waals surface area contributed by atoms with Crippen LogP contribution in [0.5, 0.6) is 0 Å². The molecule has 0 bridgehead atoms. The maximum absolute atomic E-state index is 12.0. The van der Waals surface area contributed by atoms with Gasteiger partial charge in [0.25, 0.3) is 0 Å². The van der Waals surface area contributed by atoms with Crippen LogP contribution in [-0.2, 0) is 20.7 Å². The topological polar surface area (TPSA) is 95.9 Å². The Morgan fingerprint density at radius 1 is 1.32 bits per heavy atom. The minimum Gasteiger partial charge on any atom is -0.481 e. The Labute approximate surface area is 128 Å². The molecule has 0 unspecified atom stereocenters. The van der Waals surface area contributed by atoms with Crippen molar-refractivity contribution < 1.29 is 24.4 Å². The largest absolute Gasteiger partial charge is 0.481 e. The zero-order chi connectivity index (χ0) is 15.9. The molecular weight excluding hydrogens is 285 g/mol. The van der Waals surface area contributed by atoms with E-state index >= 15 is 0 Å². The summed E-state index contributed by atoms with van der Waals surface area (Å²) >= 11 is 0. The molecule has 1 amide bonds. The van der Waals surface area contributed by atoms with E-state index in [-0.39, 0.29) is 18.7 Å². The second-order valence-electron chi connectivity index (χ2n) is 5.16. The van der Waals surface area contributed by atoms with E-state index in [4.69, 9.17) is 9.76 Å². The van der Waals surface area contributed by atoms with Crippen molar-refractivity contribution in [2.24, 2.45) is 0 Å². The molecule has 0 aliphatic carbocycles. The molecule has 1 aromatic carbocycles. The summed E-state index contributed by atoms with van der Waals surface area (Å²) < 4.78 is 5.26. The normalized spacial score (nSPS) is 21.2. The van der Waals surface area contributed by atoms with Crippen LogP contribution in [-0.4, -0.2) is 41.2 Å². The Hall–Kier alpha value is -2.12. The summed E-state index contributed by atoms with van der Waals surface area (Å²) in [5, 5.41) is 21.4. The molecule has 22 heavy (non-hydrogen) atoms. The molecule has 6 nitrogen and oxygen atoms in total. The second-order valence-corrected chi connectivity index (χ2v) is 5.16. The molecule has 0 aromatic heterocycles. The molecular formula is C15H18BNO5.